The maximum atomic E-state index is 12.9. The van der Waals surface area contributed by atoms with Gasteiger partial charge in [-0.3, -0.25) is 9.47 Å². The average molecular weight is 296 g/mol. The highest BCUT2D eigenvalue weighted by atomic mass is 19.3. The summed E-state index contributed by atoms with van der Waals surface area (Å²) in [7, 11) is 1.94. The van der Waals surface area contributed by atoms with Gasteiger partial charge < -0.3 is 9.88 Å². The van der Waals surface area contributed by atoms with Crippen LogP contribution in [0, 0.1) is 0 Å². The summed E-state index contributed by atoms with van der Waals surface area (Å²) in [6.07, 6.45) is 6.38. The van der Waals surface area contributed by atoms with E-state index in [0.717, 1.165) is 30.0 Å². The van der Waals surface area contributed by atoms with E-state index in [4.69, 9.17) is 0 Å². The lowest BCUT2D eigenvalue weighted by molar-refractivity contribution is 0.0599. The Morgan fingerprint density at radius 3 is 2.86 bits per heavy atom. The van der Waals surface area contributed by atoms with Gasteiger partial charge in [0.25, 0.3) is 0 Å². The van der Waals surface area contributed by atoms with Crippen LogP contribution >= 0.6 is 0 Å². The highest BCUT2D eigenvalue weighted by Gasteiger charge is 2.28. The van der Waals surface area contributed by atoms with Crippen LogP contribution in [-0.2, 0) is 13.6 Å². The number of piperazine rings is 1. The van der Waals surface area contributed by atoms with E-state index < -0.39 is 6.55 Å². The normalized spacial score (nSPS) is 20.3. The first-order chi connectivity index (χ1) is 10.2. The maximum Gasteiger partial charge on any atom is 0.319 e. The van der Waals surface area contributed by atoms with E-state index in [2.05, 4.69) is 20.2 Å². The number of rotatable bonds is 4. The first-order valence-electron chi connectivity index (χ1n) is 6.88. The van der Waals surface area contributed by atoms with Crippen LogP contribution in [0.25, 0.3) is 0 Å². The lowest BCUT2D eigenvalue weighted by Gasteiger charge is -2.35. The number of alkyl halides is 2. The summed E-state index contributed by atoms with van der Waals surface area (Å²) in [6, 6.07) is 0.0570. The van der Waals surface area contributed by atoms with Crippen molar-refractivity contribution in [1.82, 2.24) is 29.3 Å². The van der Waals surface area contributed by atoms with Crippen molar-refractivity contribution in [2.45, 2.75) is 19.1 Å². The second-order valence-corrected chi connectivity index (χ2v) is 5.12. The molecule has 0 radical (unpaired) electrons. The van der Waals surface area contributed by atoms with E-state index >= 15 is 0 Å². The topological polar surface area (TPSA) is 50.9 Å². The van der Waals surface area contributed by atoms with Gasteiger partial charge in [-0.15, -0.1) is 0 Å². The van der Waals surface area contributed by atoms with E-state index in [1.807, 2.05) is 17.8 Å². The molecule has 1 N–H and O–H groups in total. The molecule has 0 aromatic carbocycles. The van der Waals surface area contributed by atoms with E-state index in [9.17, 15) is 8.78 Å². The Morgan fingerprint density at radius 2 is 2.14 bits per heavy atom. The number of hydrogen-bond donors (Lipinski definition) is 1. The molecule has 1 fully saturated rings. The van der Waals surface area contributed by atoms with Crippen LogP contribution in [0.3, 0.4) is 0 Å². The van der Waals surface area contributed by atoms with Crippen molar-refractivity contribution >= 4 is 0 Å². The fourth-order valence-corrected chi connectivity index (χ4v) is 2.71. The number of halogens is 2. The molecule has 1 atom stereocenters. The summed E-state index contributed by atoms with van der Waals surface area (Å²) in [5.74, 6) is 1.31. The molecule has 1 aliphatic heterocycles. The number of hydrogen-bond acceptors (Lipinski definition) is 4. The number of nitrogens with one attached hydrogen (secondary N) is 1. The lowest BCUT2D eigenvalue weighted by atomic mass is 10.1. The summed E-state index contributed by atoms with van der Waals surface area (Å²) in [6.45, 7) is 0.179. The minimum atomic E-state index is -2.56. The van der Waals surface area contributed by atoms with Crippen molar-refractivity contribution in [1.29, 1.82) is 0 Å². The van der Waals surface area contributed by atoms with Crippen molar-refractivity contribution < 1.29 is 8.78 Å². The van der Waals surface area contributed by atoms with Crippen molar-refractivity contribution in [3.05, 3.63) is 36.4 Å². The first kappa shape index (κ1) is 14.2. The summed E-state index contributed by atoms with van der Waals surface area (Å²) >= 11 is 0. The van der Waals surface area contributed by atoms with Gasteiger partial charge in [-0.1, -0.05) is 0 Å². The molecule has 2 aromatic rings. The summed E-state index contributed by atoms with van der Waals surface area (Å²) < 4.78 is 28.7. The largest absolute Gasteiger partial charge is 0.337 e. The van der Waals surface area contributed by atoms with Crippen LogP contribution in [0.15, 0.2) is 24.8 Å². The molecule has 6 nitrogen and oxygen atoms in total. The smallest absolute Gasteiger partial charge is 0.319 e. The van der Waals surface area contributed by atoms with Gasteiger partial charge in [-0.05, 0) is 0 Å². The van der Waals surface area contributed by atoms with Gasteiger partial charge >= 0.3 is 6.55 Å². The molecular formula is C13H18F2N6. The lowest BCUT2D eigenvalue weighted by Crippen LogP contribution is -2.46. The third-order valence-electron chi connectivity index (χ3n) is 3.81. The molecule has 0 amide bonds. The van der Waals surface area contributed by atoms with Gasteiger partial charge in [0.2, 0.25) is 0 Å². The van der Waals surface area contributed by atoms with Gasteiger partial charge in [-0.2, -0.15) is 8.78 Å². The number of nitrogens with zero attached hydrogens (tertiary/aromatic N) is 5. The zero-order chi connectivity index (χ0) is 14.8. The predicted octanol–water partition coefficient (Wildman–Crippen LogP) is 1.16. The molecule has 0 bridgehead atoms. The van der Waals surface area contributed by atoms with Gasteiger partial charge in [0.05, 0.1) is 12.6 Å². The predicted molar refractivity (Wildman–Crippen MR) is 72.7 cm³/mol. The molecule has 0 spiro atoms. The minimum absolute atomic E-state index is 0.0570. The quantitative estimate of drug-likeness (QED) is 0.920. The fourth-order valence-electron chi connectivity index (χ4n) is 2.71. The Hall–Kier alpha value is -1.80. The standard InChI is InChI=1S/C13H18F2N6/c1-19-5-3-18-12(19)10-8-16-2-6-20(10)9-11-17-4-7-21(11)13(14)15/h3-5,7,10,13,16H,2,6,8-9H2,1H3. The molecule has 2 aromatic heterocycles. The van der Waals surface area contributed by atoms with Crippen molar-refractivity contribution in [2.75, 3.05) is 19.6 Å². The van der Waals surface area contributed by atoms with Crippen LogP contribution in [0.2, 0.25) is 0 Å². The van der Waals surface area contributed by atoms with E-state index in [-0.39, 0.29) is 6.04 Å². The Balaban J connectivity index is 1.82. The molecule has 0 aliphatic carbocycles. The summed E-state index contributed by atoms with van der Waals surface area (Å²) in [5, 5.41) is 3.33. The number of aryl methyl sites for hydroxylation is 1. The Bertz CT molecular complexity index is 593. The monoisotopic (exact) mass is 296 g/mol. The molecule has 1 saturated heterocycles. The van der Waals surface area contributed by atoms with Crippen molar-refractivity contribution in [2.24, 2.45) is 7.05 Å². The van der Waals surface area contributed by atoms with Gasteiger partial charge in [0, 0.05) is 51.5 Å². The minimum Gasteiger partial charge on any atom is -0.337 e. The van der Waals surface area contributed by atoms with Crippen molar-refractivity contribution in [3.8, 4) is 0 Å². The summed E-state index contributed by atoms with van der Waals surface area (Å²) in [5.41, 5.74) is 0. The molecule has 3 rings (SSSR count). The Labute approximate surface area is 121 Å². The highest BCUT2D eigenvalue weighted by Crippen LogP contribution is 2.23. The van der Waals surface area contributed by atoms with E-state index in [1.165, 1.54) is 12.4 Å². The molecule has 3 heterocycles. The van der Waals surface area contributed by atoms with Crippen LogP contribution in [0.4, 0.5) is 8.78 Å². The molecule has 0 saturated carbocycles. The molecule has 8 heteroatoms. The second kappa shape index (κ2) is 5.90. The zero-order valence-corrected chi connectivity index (χ0v) is 11.8. The van der Waals surface area contributed by atoms with Gasteiger partial charge in [0.1, 0.15) is 11.6 Å². The third-order valence-corrected chi connectivity index (χ3v) is 3.81. The SMILES string of the molecule is Cn1ccnc1C1CNCCN1Cc1nccn1C(F)F. The molecule has 1 unspecified atom stereocenters. The molecule has 1 aliphatic rings. The molecule has 114 valence electrons. The molecular weight excluding hydrogens is 278 g/mol. The maximum absolute atomic E-state index is 12.9. The fraction of sp³-hybridized carbons (Fsp3) is 0.538. The zero-order valence-electron chi connectivity index (χ0n) is 11.8. The van der Waals surface area contributed by atoms with Crippen LogP contribution in [-0.4, -0.2) is 43.6 Å². The van der Waals surface area contributed by atoms with Gasteiger partial charge in [0.15, 0.2) is 0 Å². The van der Waals surface area contributed by atoms with E-state index in [0.29, 0.717) is 12.4 Å². The number of imidazole rings is 2. The van der Waals surface area contributed by atoms with E-state index in [1.54, 1.807) is 6.20 Å². The van der Waals surface area contributed by atoms with Crippen LogP contribution in [0.5, 0.6) is 0 Å². The Kier molecular flexibility index (Phi) is 3.98. The van der Waals surface area contributed by atoms with Gasteiger partial charge in [-0.25, -0.2) is 9.97 Å². The van der Waals surface area contributed by atoms with Crippen LogP contribution < -0.4 is 5.32 Å². The second-order valence-electron chi connectivity index (χ2n) is 5.12. The summed E-state index contributed by atoms with van der Waals surface area (Å²) in [4.78, 5) is 10.6. The average Bonchev–Trinajstić information content (AvgIpc) is 3.08. The highest BCUT2D eigenvalue weighted by molar-refractivity contribution is 5.04. The Morgan fingerprint density at radius 1 is 1.33 bits per heavy atom. The number of aromatic nitrogens is 4. The molecule has 21 heavy (non-hydrogen) atoms. The van der Waals surface area contributed by atoms with Crippen LogP contribution in [0.1, 0.15) is 24.2 Å². The first-order valence-corrected chi connectivity index (χ1v) is 6.88. The van der Waals surface area contributed by atoms with Crippen molar-refractivity contribution in [3.63, 3.8) is 0 Å². The third kappa shape index (κ3) is 2.81.